The van der Waals surface area contributed by atoms with Crippen LogP contribution in [0.2, 0.25) is 0 Å². The third kappa shape index (κ3) is 4.84. The summed E-state index contributed by atoms with van der Waals surface area (Å²) in [6.45, 7) is 5.47. The monoisotopic (exact) mass is 256 g/mol. The summed E-state index contributed by atoms with van der Waals surface area (Å²) in [5.41, 5.74) is 0. The minimum Gasteiger partial charge on any atom is -0.383 e. The number of carbonyl (C=O) groups excluding carboxylic acids is 1. The zero-order valence-electron chi connectivity index (χ0n) is 12.1. The molecule has 0 bridgehead atoms. The molecule has 0 aromatic heterocycles. The second-order valence-electron chi connectivity index (χ2n) is 5.23. The smallest absolute Gasteiger partial charge is 0.317 e. The van der Waals surface area contributed by atoms with E-state index in [1.54, 1.807) is 7.11 Å². The summed E-state index contributed by atoms with van der Waals surface area (Å²) in [7, 11) is 1.67. The number of urea groups is 1. The molecule has 1 saturated carbocycles. The lowest BCUT2D eigenvalue weighted by atomic mass is 9.96. The molecule has 0 aromatic rings. The SMILES string of the molecule is CCC(C)N(CCOC)C(=O)NC1CCCCC1. The minimum absolute atomic E-state index is 0.0771. The van der Waals surface area contributed by atoms with Gasteiger partial charge in [-0.15, -0.1) is 0 Å². The molecule has 0 aliphatic heterocycles. The Bertz CT molecular complexity index is 240. The van der Waals surface area contributed by atoms with Gasteiger partial charge in [-0.25, -0.2) is 4.79 Å². The lowest BCUT2D eigenvalue weighted by molar-refractivity contribution is 0.128. The topological polar surface area (TPSA) is 41.6 Å². The first-order valence-corrected chi connectivity index (χ1v) is 7.25. The molecule has 0 heterocycles. The predicted octanol–water partition coefficient (Wildman–Crippen LogP) is 2.78. The number of amides is 2. The van der Waals surface area contributed by atoms with Crippen LogP contribution in [-0.2, 0) is 4.74 Å². The fourth-order valence-corrected chi connectivity index (χ4v) is 2.44. The highest BCUT2D eigenvalue weighted by molar-refractivity contribution is 5.74. The normalized spacial score (nSPS) is 18.4. The van der Waals surface area contributed by atoms with Crippen molar-refractivity contribution in [1.82, 2.24) is 10.2 Å². The second-order valence-corrected chi connectivity index (χ2v) is 5.23. The Kier molecular flexibility index (Phi) is 7.09. The van der Waals surface area contributed by atoms with Crippen molar-refractivity contribution in [3.8, 4) is 0 Å². The van der Waals surface area contributed by atoms with Crippen LogP contribution in [0.3, 0.4) is 0 Å². The van der Waals surface area contributed by atoms with E-state index < -0.39 is 0 Å². The van der Waals surface area contributed by atoms with Crippen LogP contribution >= 0.6 is 0 Å². The maximum absolute atomic E-state index is 12.3. The first kappa shape index (κ1) is 15.3. The van der Waals surface area contributed by atoms with Crippen LogP contribution in [0.4, 0.5) is 4.79 Å². The second kappa shape index (κ2) is 8.35. The van der Waals surface area contributed by atoms with E-state index in [1.807, 2.05) is 4.90 Å². The third-order valence-electron chi connectivity index (χ3n) is 3.85. The average molecular weight is 256 g/mol. The molecule has 1 N–H and O–H groups in total. The van der Waals surface area contributed by atoms with Gasteiger partial charge in [-0.05, 0) is 26.2 Å². The maximum atomic E-state index is 12.3. The van der Waals surface area contributed by atoms with E-state index in [4.69, 9.17) is 4.74 Å². The van der Waals surface area contributed by atoms with Crippen molar-refractivity contribution in [3.05, 3.63) is 0 Å². The first-order chi connectivity index (χ1) is 8.69. The van der Waals surface area contributed by atoms with E-state index in [-0.39, 0.29) is 12.1 Å². The lowest BCUT2D eigenvalue weighted by Gasteiger charge is -2.31. The van der Waals surface area contributed by atoms with Gasteiger partial charge in [-0.3, -0.25) is 0 Å². The molecule has 18 heavy (non-hydrogen) atoms. The summed E-state index contributed by atoms with van der Waals surface area (Å²) in [6, 6.07) is 0.720. The Morgan fingerprint density at radius 3 is 2.61 bits per heavy atom. The van der Waals surface area contributed by atoms with Crippen LogP contribution in [0.25, 0.3) is 0 Å². The summed E-state index contributed by atoms with van der Waals surface area (Å²) in [5.74, 6) is 0. The summed E-state index contributed by atoms with van der Waals surface area (Å²) < 4.78 is 5.09. The molecule has 2 amide bonds. The zero-order valence-corrected chi connectivity index (χ0v) is 12.1. The average Bonchev–Trinajstić information content (AvgIpc) is 2.40. The van der Waals surface area contributed by atoms with Gasteiger partial charge in [-0.2, -0.15) is 0 Å². The molecule has 1 fully saturated rings. The summed E-state index contributed by atoms with van der Waals surface area (Å²) in [6.07, 6.45) is 7.03. The maximum Gasteiger partial charge on any atom is 0.317 e. The molecule has 106 valence electrons. The number of hydrogen-bond acceptors (Lipinski definition) is 2. The summed E-state index contributed by atoms with van der Waals surface area (Å²) in [5, 5.41) is 3.17. The first-order valence-electron chi connectivity index (χ1n) is 7.25. The van der Waals surface area contributed by atoms with E-state index in [1.165, 1.54) is 19.3 Å². The Labute approximate surface area is 111 Å². The van der Waals surface area contributed by atoms with Crippen LogP contribution < -0.4 is 5.32 Å². The van der Waals surface area contributed by atoms with Crippen molar-refractivity contribution >= 4 is 6.03 Å². The van der Waals surface area contributed by atoms with Crippen LogP contribution in [-0.4, -0.2) is 43.3 Å². The van der Waals surface area contributed by atoms with Crippen molar-refractivity contribution < 1.29 is 9.53 Å². The quantitative estimate of drug-likeness (QED) is 0.794. The lowest BCUT2D eigenvalue weighted by Crippen LogP contribution is -2.49. The standard InChI is InChI=1S/C14H28N2O2/c1-4-12(2)16(10-11-18-3)14(17)15-13-8-6-5-7-9-13/h12-13H,4-11H2,1-3H3,(H,15,17). The number of nitrogens with one attached hydrogen (secondary N) is 1. The van der Waals surface area contributed by atoms with Crippen molar-refractivity contribution in [2.75, 3.05) is 20.3 Å². The van der Waals surface area contributed by atoms with Crippen molar-refractivity contribution in [2.45, 2.75) is 64.5 Å². The number of methoxy groups -OCH3 is 1. The number of nitrogens with zero attached hydrogens (tertiary/aromatic N) is 1. The van der Waals surface area contributed by atoms with Gasteiger partial charge < -0.3 is 15.0 Å². The number of rotatable bonds is 6. The van der Waals surface area contributed by atoms with Gasteiger partial charge >= 0.3 is 6.03 Å². The number of hydrogen-bond donors (Lipinski definition) is 1. The highest BCUT2D eigenvalue weighted by atomic mass is 16.5. The Morgan fingerprint density at radius 2 is 2.06 bits per heavy atom. The number of carbonyl (C=O) groups is 1. The molecule has 4 nitrogen and oxygen atoms in total. The number of ether oxygens (including phenoxy) is 1. The van der Waals surface area contributed by atoms with Gasteiger partial charge in [0.05, 0.1) is 6.61 Å². The van der Waals surface area contributed by atoms with Gasteiger partial charge in [0.25, 0.3) is 0 Å². The fourth-order valence-electron chi connectivity index (χ4n) is 2.44. The van der Waals surface area contributed by atoms with E-state index in [0.717, 1.165) is 19.3 Å². The van der Waals surface area contributed by atoms with Gasteiger partial charge in [0, 0.05) is 25.7 Å². The van der Waals surface area contributed by atoms with Gasteiger partial charge in [0.15, 0.2) is 0 Å². The van der Waals surface area contributed by atoms with Crippen LogP contribution in [0, 0.1) is 0 Å². The predicted molar refractivity (Wildman–Crippen MR) is 73.7 cm³/mol. The van der Waals surface area contributed by atoms with Gasteiger partial charge in [0.1, 0.15) is 0 Å². The molecule has 1 unspecified atom stereocenters. The molecule has 0 aromatic carbocycles. The Morgan fingerprint density at radius 1 is 1.39 bits per heavy atom. The van der Waals surface area contributed by atoms with Gasteiger partial charge in [0.2, 0.25) is 0 Å². The Balaban J connectivity index is 2.46. The van der Waals surface area contributed by atoms with Gasteiger partial charge in [-0.1, -0.05) is 26.2 Å². The van der Waals surface area contributed by atoms with E-state index in [2.05, 4.69) is 19.2 Å². The van der Waals surface area contributed by atoms with Crippen LogP contribution in [0.1, 0.15) is 52.4 Å². The highest BCUT2D eigenvalue weighted by Gasteiger charge is 2.22. The molecule has 1 aliphatic rings. The van der Waals surface area contributed by atoms with E-state index in [9.17, 15) is 4.79 Å². The van der Waals surface area contributed by atoms with E-state index >= 15 is 0 Å². The molecule has 0 spiro atoms. The van der Waals surface area contributed by atoms with Crippen LogP contribution in [0.5, 0.6) is 0 Å². The van der Waals surface area contributed by atoms with Crippen molar-refractivity contribution in [2.24, 2.45) is 0 Å². The molecule has 1 aliphatic carbocycles. The fraction of sp³-hybridized carbons (Fsp3) is 0.929. The molecular formula is C14H28N2O2. The molecule has 1 rings (SSSR count). The zero-order chi connectivity index (χ0) is 13.4. The van der Waals surface area contributed by atoms with Crippen molar-refractivity contribution in [1.29, 1.82) is 0 Å². The minimum atomic E-state index is 0.0771. The summed E-state index contributed by atoms with van der Waals surface area (Å²) >= 11 is 0. The largest absolute Gasteiger partial charge is 0.383 e. The molecule has 1 atom stereocenters. The molecule has 4 heteroatoms. The highest BCUT2D eigenvalue weighted by Crippen LogP contribution is 2.18. The van der Waals surface area contributed by atoms with E-state index in [0.29, 0.717) is 19.2 Å². The van der Waals surface area contributed by atoms with Crippen molar-refractivity contribution in [3.63, 3.8) is 0 Å². The van der Waals surface area contributed by atoms with Crippen LogP contribution in [0.15, 0.2) is 0 Å². The molecule has 0 radical (unpaired) electrons. The Hall–Kier alpha value is -0.770. The molecular weight excluding hydrogens is 228 g/mol. The third-order valence-corrected chi connectivity index (χ3v) is 3.85. The molecule has 0 saturated heterocycles. The summed E-state index contributed by atoms with van der Waals surface area (Å²) in [4.78, 5) is 14.2.